The van der Waals surface area contributed by atoms with Crippen LogP contribution in [-0.2, 0) is 11.2 Å². The van der Waals surface area contributed by atoms with Crippen LogP contribution in [0.2, 0.25) is 0 Å². The highest BCUT2D eigenvalue weighted by molar-refractivity contribution is 9.10. The number of hydrogen-bond acceptors (Lipinski definition) is 3. The van der Waals surface area contributed by atoms with Gasteiger partial charge in [-0.15, -0.1) is 0 Å². The zero-order valence-corrected chi connectivity index (χ0v) is 12.8. The summed E-state index contributed by atoms with van der Waals surface area (Å²) in [5, 5.41) is 2.82. The predicted octanol–water partition coefficient (Wildman–Crippen LogP) is 3.31. The number of halogens is 1. The molecule has 0 unspecified atom stereocenters. The molecule has 0 saturated heterocycles. The van der Waals surface area contributed by atoms with Crippen LogP contribution in [0.1, 0.15) is 17.5 Å². The smallest absolute Gasteiger partial charge is 0.225 e. The van der Waals surface area contributed by atoms with Crippen molar-refractivity contribution >= 4 is 33.3 Å². The number of carbonyl (C=O) groups excluding carboxylic acids is 1. The van der Waals surface area contributed by atoms with E-state index in [0.29, 0.717) is 24.3 Å². The number of benzene rings is 1. The van der Waals surface area contributed by atoms with Gasteiger partial charge in [-0.2, -0.15) is 0 Å². The van der Waals surface area contributed by atoms with Crippen LogP contribution in [0.3, 0.4) is 0 Å². The number of nitrogens with two attached hydrogens (primary N) is 1. The summed E-state index contributed by atoms with van der Waals surface area (Å²) in [5.41, 5.74) is 8.41. The number of rotatable bonds is 4. The number of nitrogen functional groups attached to an aromatic ring is 1. The second-order valence-electron chi connectivity index (χ2n) is 4.61. The lowest BCUT2D eigenvalue weighted by atomic mass is 10.1. The van der Waals surface area contributed by atoms with Gasteiger partial charge >= 0.3 is 0 Å². The zero-order valence-electron chi connectivity index (χ0n) is 11.2. The molecule has 0 aliphatic carbocycles. The quantitative estimate of drug-likeness (QED) is 0.843. The molecule has 1 heterocycles. The molecule has 1 aromatic heterocycles. The minimum atomic E-state index is -0.0506. The van der Waals surface area contributed by atoms with Crippen LogP contribution in [0.25, 0.3) is 0 Å². The molecule has 0 saturated carbocycles. The van der Waals surface area contributed by atoms with Crippen LogP contribution in [0.5, 0.6) is 0 Å². The molecule has 0 radical (unpaired) electrons. The van der Waals surface area contributed by atoms with E-state index in [1.54, 1.807) is 6.20 Å². The minimum absolute atomic E-state index is 0.0506. The number of amides is 1. The lowest BCUT2D eigenvalue weighted by molar-refractivity contribution is -0.116. The van der Waals surface area contributed by atoms with Crippen molar-refractivity contribution in [2.45, 2.75) is 19.8 Å². The summed E-state index contributed by atoms with van der Waals surface area (Å²) < 4.78 is 0.896. The first-order chi connectivity index (χ1) is 9.54. The first-order valence-electron chi connectivity index (χ1n) is 6.31. The van der Waals surface area contributed by atoms with E-state index in [4.69, 9.17) is 5.73 Å². The SMILES string of the molecule is Cc1cc(Br)cnc1NC(=O)CCc1cccc(N)c1. The van der Waals surface area contributed by atoms with Gasteiger partial charge in [-0.25, -0.2) is 4.98 Å². The Hall–Kier alpha value is -1.88. The largest absolute Gasteiger partial charge is 0.399 e. The van der Waals surface area contributed by atoms with E-state index in [9.17, 15) is 4.79 Å². The van der Waals surface area contributed by atoms with Gasteiger partial charge < -0.3 is 11.1 Å². The van der Waals surface area contributed by atoms with Crippen LogP contribution in [-0.4, -0.2) is 10.9 Å². The molecule has 0 atom stereocenters. The fourth-order valence-electron chi connectivity index (χ4n) is 1.87. The minimum Gasteiger partial charge on any atom is -0.399 e. The second kappa shape index (κ2) is 6.52. The van der Waals surface area contributed by atoms with Crippen molar-refractivity contribution in [2.24, 2.45) is 0 Å². The third kappa shape index (κ3) is 4.06. The Morgan fingerprint density at radius 1 is 1.40 bits per heavy atom. The summed E-state index contributed by atoms with van der Waals surface area (Å²) in [6, 6.07) is 9.49. The van der Waals surface area contributed by atoms with Crippen LogP contribution < -0.4 is 11.1 Å². The normalized spacial score (nSPS) is 10.3. The van der Waals surface area contributed by atoms with E-state index >= 15 is 0 Å². The third-order valence-electron chi connectivity index (χ3n) is 2.89. The number of hydrogen-bond donors (Lipinski definition) is 2. The molecule has 0 fully saturated rings. The Labute approximate surface area is 126 Å². The maximum Gasteiger partial charge on any atom is 0.225 e. The molecule has 1 amide bonds. The van der Waals surface area contributed by atoms with E-state index < -0.39 is 0 Å². The average molecular weight is 334 g/mol. The maximum absolute atomic E-state index is 11.9. The van der Waals surface area contributed by atoms with Gasteiger partial charge in [0.05, 0.1) is 0 Å². The summed E-state index contributed by atoms with van der Waals surface area (Å²) in [6.45, 7) is 1.91. The molecule has 4 nitrogen and oxygen atoms in total. The number of nitrogens with zero attached hydrogens (tertiary/aromatic N) is 1. The molecule has 0 aliphatic rings. The number of aryl methyl sites for hydroxylation is 2. The molecule has 3 N–H and O–H groups in total. The molecule has 0 aliphatic heterocycles. The highest BCUT2D eigenvalue weighted by Gasteiger charge is 2.07. The molecule has 5 heteroatoms. The van der Waals surface area contributed by atoms with E-state index in [2.05, 4.69) is 26.2 Å². The Morgan fingerprint density at radius 3 is 2.90 bits per heavy atom. The van der Waals surface area contributed by atoms with E-state index in [-0.39, 0.29) is 5.91 Å². The van der Waals surface area contributed by atoms with E-state index in [1.165, 1.54) is 0 Å². The van der Waals surface area contributed by atoms with Crippen molar-refractivity contribution in [3.05, 3.63) is 52.1 Å². The molecular weight excluding hydrogens is 318 g/mol. The lowest BCUT2D eigenvalue weighted by Crippen LogP contribution is -2.14. The monoisotopic (exact) mass is 333 g/mol. The van der Waals surface area contributed by atoms with Crippen LogP contribution in [0, 0.1) is 6.92 Å². The molecule has 1 aromatic carbocycles. The van der Waals surface area contributed by atoms with Gasteiger partial charge in [0, 0.05) is 22.8 Å². The number of nitrogens with one attached hydrogen (secondary N) is 1. The number of carbonyl (C=O) groups is 1. The fourth-order valence-corrected chi connectivity index (χ4v) is 2.32. The highest BCUT2D eigenvalue weighted by Crippen LogP contribution is 2.17. The van der Waals surface area contributed by atoms with Gasteiger partial charge in [0.2, 0.25) is 5.91 Å². The average Bonchev–Trinajstić information content (AvgIpc) is 2.40. The zero-order chi connectivity index (χ0) is 14.5. The maximum atomic E-state index is 11.9. The molecule has 0 bridgehead atoms. The molecule has 20 heavy (non-hydrogen) atoms. The van der Waals surface area contributed by atoms with E-state index in [1.807, 2.05) is 37.3 Å². The van der Waals surface area contributed by atoms with Gasteiger partial charge in [0.1, 0.15) is 5.82 Å². The number of anilines is 2. The Bertz CT molecular complexity index is 628. The van der Waals surface area contributed by atoms with Gasteiger partial charge in [-0.05, 0) is 58.6 Å². The predicted molar refractivity (Wildman–Crippen MR) is 84.5 cm³/mol. The molecule has 0 spiro atoms. The van der Waals surface area contributed by atoms with E-state index in [0.717, 1.165) is 15.6 Å². The van der Waals surface area contributed by atoms with Crippen molar-refractivity contribution < 1.29 is 4.79 Å². The topological polar surface area (TPSA) is 68.0 Å². The standard InChI is InChI=1S/C15H16BrN3O/c1-10-7-12(16)9-18-15(10)19-14(20)6-5-11-3-2-4-13(17)8-11/h2-4,7-9H,5-6,17H2,1H3,(H,18,19,20). The van der Waals surface area contributed by atoms with Crippen molar-refractivity contribution in [3.63, 3.8) is 0 Å². The van der Waals surface area contributed by atoms with Crippen molar-refractivity contribution in [1.82, 2.24) is 4.98 Å². The molecule has 2 rings (SSSR count). The Balaban J connectivity index is 1.92. The second-order valence-corrected chi connectivity index (χ2v) is 5.53. The Kier molecular flexibility index (Phi) is 4.74. The first kappa shape index (κ1) is 14.5. The molecule has 2 aromatic rings. The molecular formula is C15H16BrN3O. The lowest BCUT2D eigenvalue weighted by Gasteiger charge is -2.08. The number of aromatic nitrogens is 1. The summed E-state index contributed by atoms with van der Waals surface area (Å²) >= 11 is 3.34. The van der Waals surface area contributed by atoms with Crippen LogP contribution in [0.15, 0.2) is 41.0 Å². The highest BCUT2D eigenvalue weighted by atomic mass is 79.9. The summed E-state index contributed by atoms with van der Waals surface area (Å²) in [5.74, 6) is 0.552. The first-order valence-corrected chi connectivity index (χ1v) is 7.10. The molecule has 104 valence electrons. The van der Waals surface area contributed by atoms with Gasteiger partial charge in [-0.1, -0.05) is 12.1 Å². The third-order valence-corrected chi connectivity index (χ3v) is 3.33. The van der Waals surface area contributed by atoms with Gasteiger partial charge in [-0.3, -0.25) is 4.79 Å². The van der Waals surface area contributed by atoms with Crippen LogP contribution in [0.4, 0.5) is 11.5 Å². The Morgan fingerprint density at radius 2 is 2.20 bits per heavy atom. The fraction of sp³-hybridized carbons (Fsp3) is 0.200. The van der Waals surface area contributed by atoms with Crippen molar-refractivity contribution in [3.8, 4) is 0 Å². The van der Waals surface area contributed by atoms with Crippen LogP contribution >= 0.6 is 15.9 Å². The van der Waals surface area contributed by atoms with Crippen molar-refractivity contribution in [1.29, 1.82) is 0 Å². The van der Waals surface area contributed by atoms with Gasteiger partial charge in [0.25, 0.3) is 0 Å². The van der Waals surface area contributed by atoms with Gasteiger partial charge in [0.15, 0.2) is 0 Å². The summed E-state index contributed by atoms with van der Waals surface area (Å²) in [7, 11) is 0. The number of pyridine rings is 1. The summed E-state index contributed by atoms with van der Waals surface area (Å²) in [6.07, 6.45) is 2.73. The summed E-state index contributed by atoms with van der Waals surface area (Å²) in [4.78, 5) is 16.1. The van der Waals surface area contributed by atoms with Crippen molar-refractivity contribution in [2.75, 3.05) is 11.1 Å².